The van der Waals surface area contributed by atoms with Gasteiger partial charge >= 0.3 is 0 Å². The molecule has 0 atom stereocenters. The summed E-state index contributed by atoms with van der Waals surface area (Å²) in [5, 5.41) is 12.0. The van der Waals surface area contributed by atoms with E-state index in [9.17, 15) is 19.5 Å². The molecule has 3 amide bonds. The van der Waals surface area contributed by atoms with Crippen LogP contribution in [-0.2, 0) is 14.3 Å². The fraction of sp³-hybridized carbons (Fsp3) is 0.261. The number of carbonyl (C=O) groups excluding carboxylic acids is 3. The maximum Gasteiger partial charge on any atom is 0.294 e. The third kappa shape index (κ3) is 5.12. The van der Waals surface area contributed by atoms with Gasteiger partial charge in [-0.2, -0.15) is 0 Å². The lowest BCUT2D eigenvalue weighted by atomic mass is 10.2. The van der Waals surface area contributed by atoms with Gasteiger partial charge in [0.15, 0.2) is 11.5 Å². The van der Waals surface area contributed by atoms with E-state index in [0.29, 0.717) is 37.6 Å². The fourth-order valence-electron chi connectivity index (χ4n) is 3.56. The Labute approximate surface area is 195 Å². The first-order valence-corrected chi connectivity index (χ1v) is 11.1. The van der Waals surface area contributed by atoms with E-state index in [1.54, 1.807) is 18.2 Å². The Morgan fingerprint density at radius 3 is 2.73 bits per heavy atom. The summed E-state index contributed by atoms with van der Waals surface area (Å²) in [6, 6.07) is 12.0. The number of thioether (sulfide) groups is 1. The van der Waals surface area contributed by atoms with E-state index in [4.69, 9.17) is 9.47 Å². The highest BCUT2D eigenvalue weighted by atomic mass is 32.2. The van der Waals surface area contributed by atoms with Gasteiger partial charge in [-0.05, 0) is 47.7 Å². The van der Waals surface area contributed by atoms with Crippen molar-refractivity contribution < 1.29 is 29.0 Å². The molecule has 2 aromatic rings. The predicted octanol–water partition coefficient (Wildman–Crippen LogP) is 2.91. The molecule has 2 aromatic carbocycles. The lowest BCUT2D eigenvalue weighted by Crippen LogP contribution is -2.38. The van der Waals surface area contributed by atoms with Gasteiger partial charge in [0.05, 0.1) is 36.6 Å². The number of aromatic hydroxyl groups is 1. The Hall–Kier alpha value is -3.50. The minimum Gasteiger partial charge on any atom is -0.504 e. The molecule has 10 heteroatoms. The van der Waals surface area contributed by atoms with Crippen molar-refractivity contribution >= 4 is 46.3 Å². The van der Waals surface area contributed by atoms with Gasteiger partial charge in [0, 0.05) is 13.1 Å². The molecule has 0 bridgehead atoms. The fourth-order valence-corrected chi connectivity index (χ4v) is 4.40. The number of morpholine rings is 1. The van der Waals surface area contributed by atoms with E-state index in [-0.39, 0.29) is 16.4 Å². The average molecular weight is 470 g/mol. The minimum absolute atomic E-state index is 0.0308. The standard InChI is InChI=1S/C23H23N3O6S/c1-31-19-12-15(6-7-18(19)27)13-20-22(29)26(23(30)33-20)14-21(28)24-16-4-2-3-5-17(16)25-8-10-32-11-9-25/h2-7,12-13,27H,8-11,14H2,1H3,(H,24,28)/b20-13+. The van der Waals surface area contributed by atoms with E-state index in [1.807, 2.05) is 18.2 Å². The Balaban J connectivity index is 1.45. The molecule has 0 unspecified atom stereocenters. The normalized spacial score (nSPS) is 17.5. The third-order valence-corrected chi connectivity index (χ3v) is 6.11. The molecule has 2 heterocycles. The number of anilines is 2. The van der Waals surface area contributed by atoms with Gasteiger partial charge in [0.1, 0.15) is 6.54 Å². The van der Waals surface area contributed by atoms with Crippen LogP contribution in [0.2, 0.25) is 0 Å². The second kappa shape index (κ2) is 9.97. The second-order valence-electron chi connectivity index (χ2n) is 7.36. The number of hydrogen-bond donors (Lipinski definition) is 2. The predicted molar refractivity (Wildman–Crippen MR) is 125 cm³/mol. The summed E-state index contributed by atoms with van der Waals surface area (Å²) in [6.45, 7) is 2.25. The topological polar surface area (TPSA) is 108 Å². The number of carbonyl (C=O) groups is 3. The summed E-state index contributed by atoms with van der Waals surface area (Å²) >= 11 is 0.762. The van der Waals surface area contributed by atoms with Gasteiger partial charge in [0.25, 0.3) is 11.1 Å². The number of nitrogens with one attached hydrogen (secondary N) is 1. The van der Waals surface area contributed by atoms with Crippen LogP contribution in [0.4, 0.5) is 16.2 Å². The number of methoxy groups -OCH3 is 1. The van der Waals surface area contributed by atoms with Crippen LogP contribution in [0.25, 0.3) is 6.08 Å². The molecule has 4 rings (SSSR count). The van der Waals surface area contributed by atoms with Gasteiger partial charge < -0.3 is 24.8 Å². The third-order valence-electron chi connectivity index (χ3n) is 5.21. The lowest BCUT2D eigenvalue weighted by Gasteiger charge is -2.30. The van der Waals surface area contributed by atoms with Crippen molar-refractivity contribution in [3.8, 4) is 11.5 Å². The van der Waals surface area contributed by atoms with Crippen LogP contribution >= 0.6 is 11.8 Å². The molecule has 0 saturated carbocycles. The van der Waals surface area contributed by atoms with Crippen LogP contribution in [0.5, 0.6) is 11.5 Å². The zero-order valence-electron chi connectivity index (χ0n) is 17.9. The highest BCUT2D eigenvalue weighted by Crippen LogP contribution is 2.34. The summed E-state index contributed by atoms with van der Waals surface area (Å²) in [4.78, 5) is 41.1. The molecule has 0 aromatic heterocycles. The number of imide groups is 1. The summed E-state index contributed by atoms with van der Waals surface area (Å²) < 4.78 is 10.5. The molecular formula is C23H23N3O6S. The van der Waals surface area contributed by atoms with Crippen molar-refractivity contribution in [2.45, 2.75) is 0 Å². The lowest BCUT2D eigenvalue weighted by molar-refractivity contribution is -0.127. The molecule has 0 spiro atoms. The molecular weight excluding hydrogens is 446 g/mol. The number of hydrogen-bond acceptors (Lipinski definition) is 8. The minimum atomic E-state index is -0.548. The number of para-hydroxylation sites is 2. The summed E-state index contributed by atoms with van der Waals surface area (Å²) in [6.07, 6.45) is 1.53. The maximum atomic E-state index is 12.8. The first-order valence-electron chi connectivity index (χ1n) is 10.3. The molecule has 2 aliphatic rings. The Morgan fingerprint density at radius 1 is 1.21 bits per heavy atom. The van der Waals surface area contributed by atoms with E-state index in [2.05, 4.69) is 10.2 Å². The Bertz CT molecular complexity index is 1110. The number of ether oxygens (including phenoxy) is 2. The zero-order chi connectivity index (χ0) is 23.4. The van der Waals surface area contributed by atoms with E-state index < -0.39 is 23.6 Å². The quantitative estimate of drug-likeness (QED) is 0.622. The number of rotatable bonds is 6. The van der Waals surface area contributed by atoms with Gasteiger partial charge in [-0.15, -0.1) is 0 Å². The van der Waals surface area contributed by atoms with Gasteiger partial charge in [-0.3, -0.25) is 19.3 Å². The number of nitrogens with zero attached hydrogens (tertiary/aromatic N) is 2. The highest BCUT2D eigenvalue weighted by Gasteiger charge is 2.36. The monoisotopic (exact) mass is 469 g/mol. The molecule has 2 saturated heterocycles. The molecule has 2 fully saturated rings. The largest absolute Gasteiger partial charge is 0.504 e. The van der Waals surface area contributed by atoms with Crippen molar-refractivity contribution in [3.63, 3.8) is 0 Å². The molecule has 172 valence electrons. The Morgan fingerprint density at radius 2 is 1.97 bits per heavy atom. The average Bonchev–Trinajstić information content (AvgIpc) is 3.08. The second-order valence-corrected chi connectivity index (χ2v) is 8.36. The molecule has 33 heavy (non-hydrogen) atoms. The van der Waals surface area contributed by atoms with E-state index in [0.717, 1.165) is 22.3 Å². The van der Waals surface area contributed by atoms with Crippen LogP contribution in [0.3, 0.4) is 0 Å². The number of benzene rings is 2. The number of phenols is 1. The zero-order valence-corrected chi connectivity index (χ0v) is 18.8. The van der Waals surface area contributed by atoms with Crippen molar-refractivity contribution in [3.05, 3.63) is 52.9 Å². The van der Waals surface area contributed by atoms with Crippen LogP contribution in [0.15, 0.2) is 47.4 Å². The molecule has 0 aliphatic carbocycles. The summed E-state index contributed by atoms with van der Waals surface area (Å²) in [5.74, 6) is -0.794. The summed E-state index contributed by atoms with van der Waals surface area (Å²) in [7, 11) is 1.42. The maximum absolute atomic E-state index is 12.8. The molecule has 9 nitrogen and oxygen atoms in total. The number of amides is 3. The van der Waals surface area contributed by atoms with Crippen LogP contribution in [-0.4, -0.2) is 67.0 Å². The SMILES string of the molecule is COc1cc(/C=C2/SC(=O)N(CC(=O)Nc3ccccc3N3CCOCC3)C2=O)ccc1O. The van der Waals surface area contributed by atoms with E-state index in [1.165, 1.54) is 19.3 Å². The first kappa shape index (κ1) is 22.7. The first-order chi connectivity index (χ1) is 16.0. The smallest absolute Gasteiger partial charge is 0.294 e. The van der Waals surface area contributed by atoms with Gasteiger partial charge in [-0.25, -0.2) is 0 Å². The van der Waals surface area contributed by atoms with Gasteiger partial charge in [-0.1, -0.05) is 18.2 Å². The van der Waals surface area contributed by atoms with Crippen LogP contribution < -0.4 is 15.0 Å². The highest BCUT2D eigenvalue weighted by molar-refractivity contribution is 8.18. The van der Waals surface area contributed by atoms with Gasteiger partial charge in [0.2, 0.25) is 5.91 Å². The summed E-state index contributed by atoms with van der Waals surface area (Å²) in [5.41, 5.74) is 2.06. The molecule has 2 N–H and O–H groups in total. The van der Waals surface area contributed by atoms with E-state index >= 15 is 0 Å². The molecule has 0 radical (unpaired) electrons. The Kier molecular flexibility index (Phi) is 6.85. The van der Waals surface area contributed by atoms with Crippen molar-refractivity contribution in [1.82, 2.24) is 4.90 Å². The van der Waals surface area contributed by atoms with Crippen LogP contribution in [0.1, 0.15) is 5.56 Å². The van der Waals surface area contributed by atoms with Crippen LogP contribution in [0, 0.1) is 0 Å². The van der Waals surface area contributed by atoms with Crippen molar-refractivity contribution in [1.29, 1.82) is 0 Å². The number of phenolic OH excluding ortho intramolecular Hbond substituents is 1. The molecule has 2 aliphatic heterocycles. The van der Waals surface area contributed by atoms with Crippen molar-refractivity contribution in [2.75, 3.05) is 50.2 Å². The van der Waals surface area contributed by atoms with Crippen molar-refractivity contribution in [2.24, 2.45) is 0 Å².